The Labute approximate surface area is 114 Å². The standard InChI is InChI=1S/C15H20ClNO/c1-10-8-11(2)14(12(3)9-10)15(18)17-6-4-13(16)5-7-17/h8-9,13H,4-7H2,1-3H3. The zero-order valence-electron chi connectivity index (χ0n) is 11.3. The minimum Gasteiger partial charge on any atom is -0.339 e. The Morgan fingerprint density at radius 2 is 1.67 bits per heavy atom. The lowest BCUT2D eigenvalue weighted by Gasteiger charge is -2.30. The number of amides is 1. The Morgan fingerprint density at radius 3 is 2.17 bits per heavy atom. The lowest BCUT2D eigenvalue weighted by molar-refractivity contribution is 0.0725. The molecule has 1 amide bonds. The van der Waals surface area contributed by atoms with Gasteiger partial charge in [0, 0.05) is 24.0 Å². The van der Waals surface area contributed by atoms with Crippen LogP contribution >= 0.6 is 11.6 Å². The molecule has 0 spiro atoms. The van der Waals surface area contributed by atoms with E-state index in [-0.39, 0.29) is 11.3 Å². The van der Waals surface area contributed by atoms with E-state index in [1.54, 1.807) is 0 Å². The van der Waals surface area contributed by atoms with Crippen LogP contribution in [0.5, 0.6) is 0 Å². The van der Waals surface area contributed by atoms with Crippen LogP contribution in [0.2, 0.25) is 0 Å². The number of hydrogen-bond donors (Lipinski definition) is 0. The van der Waals surface area contributed by atoms with Crippen LogP contribution in [0.1, 0.15) is 39.9 Å². The number of nitrogens with zero attached hydrogens (tertiary/aromatic N) is 1. The first-order chi connectivity index (χ1) is 8.49. The molecule has 1 aliphatic rings. The Hall–Kier alpha value is -1.02. The molecule has 1 heterocycles. The van der Waals surface area contributed by atoms with Crippen molar-refractivity contribution in [1.82, 2.24) is 4.90 Å². The summed E-state index contributed by atoms with van der Waals surface area (Å²) in [4.78, 5) is 14.5. The number of carbonyl (C=O) groups is 1. The molecule has 0 saturated carbocycles. The van der Waals surface area contributed by atoms with Gasteiger partial charge in [0.2, 0.25) is 0 Å². The third-order valence-electron chi connectivity index (χ3n) is 3.60. The van der Waals surface area contributed by atoms with E-state index in [1.165, 1.54) is 5.56 Å². The molecule has 0 N–H and O–H groups in total. The van der Waals surface area contributed by atoms with Gasteiger partial charge in [-0.3, -0.25) is 4.79 Å². The van der Waals surface area contributed by atoms with Gasteiger partial charge in [0.05, 0.1) is 0 Å². The van der Waals surface area contributed by atoms with Crippen LogP contribution in [0.25, 0.3) is 0 Å². The second-order valence-corrected chi connectivity index (χ2v) is 5.86. The Bertz CT molecular complexity index is 439. The summed E-state index contributed by atoms with van der Waals surface area (Å²) in [6, 6.07) is 4.16. The Morgan fingerprint density at radius 1 is 1.17 bits per heavy atom. The van der Waals surface area contributed by atoms with Crippen molar-refractivity contribution >= 4 is 17.5 Å². The van der Waals surface area contributed by atoms with Gasteiger partial charge in [-0.2, -0.15) is 0 Å². The van der Waals surface area contributed by atoms with Gasteiger partial charge < -0.3 is 4.90 Å². The number of benzene rings is 1. The molecular weight excluding hydrogens is 246 g/mol. The van der Waals surface area contributed by atoms with Crippen molar-refractivity contribution in [3.8, 4) is 0 Å². The van der Waals surface area contributed by atoms with Crippen molar-refractivity contribution in [2.24, 2.45) is 0 Å². The summed E-state index contributed by atoms with van der Waals surface area (Å²) < 4.78 is 0. The van der Waals surface area contributed by atoms with E-state index in [9.17, 15) is 4.79 Å². The number of likely N-dealkylation sites (tertiary alicyclic amines) is 1. The van der Waals surface area contributed by atoms with Crippen LogP contribution in [0.15, 0.2) is 12.1 Å². The van der Waals surface area contributed by atoms with Crippen LogP contribution < -0.4 is 0 Å². The molecule has 1 aliphatic heterocycles. The van der Waals surface area contributed by atoms with Crippen LogP contribution in [-0.2, 0) is 0 Å². The topological polar surface area (TPSA) is 20.3 Å². The average Bonchev–Trinajstić information content (AvgIpc) is 2.28. The fourth-order valence-electron chi connectivity index (χ4n) is 2.73. The number of aryl methyl sites for hydroxylation is 3. The highest BCUT2D eigenvalue weighted by atomic mass is 35.5. The Balaban J connectivity index is 2.24. The van der Waals surface area contributed by atoms with Crippen molar-refractivity contribution in [3.05, 3.63) is 34.4 Å². The maximum Gasteiger partial charge on any atom is 0.254 e. The highest BCUT2D eigenvalue weighted by Crippen LogP contribution is 2.22. The predicted octanol–water partition coefficient (Wildman–Crippen LogP) is 3.46. The molecule has 1 aromatic carbocycles. The maximum atomic E-state index is 12.5. The number of carbonyl (C=O) groups excluding carboxylic acids is 1. The third-order valence-corrected chi connectivity index (χ3v) is 4.04. The first kappa shape index (κ1) is 13.4. The molecule has 98 valence electrons. The van der Waals surface area contributed by atoms with Crippen molar-refractivity contribution in [1.29, 1.82) is 0 Å². The quantitative estimate of drug-likeness (QED) is 0.712. The van der Waals surface area contributed by atoms with E-state index in [4.69, 9.17) is 11.6 Å². The molecule has 0 unspecified atom stereocenters. The summed E-state index contributed by atoms with van der Waals surface area (Å²) in [6.45, 7) is 7.65. The molecule has 18 heavy (non-hydrogen) atoms. The number of hydrogen-bond acceptors (Lipinski definition) is 1. The van der Waals surface area contributed by atoms with Gasteiger partial charge in [-0.25, -0.2) is 0 Å². The summed E-state index contributed by atoms with van der Waals surface area (Å²) in [7, 11) is 0. The summed E-state index contributed by atoms with van der Waals surface area (Å²) in [5.74, 6) is 0.161. The molecule has 0 radical (unpaired) electrons. The zero-order chi connectivity index (χ0) is 13.3. The molecule has 0 atom stereocenters. The number of piperidine rings is 1. The van der Waals surface area contributed by atoms with Crippen molar-refractivity contribution in [2.75, 3.05) is 13.1 Å². The van der Waals surface area contributed by atoms with Gasteiger partial charge in [-0.15, -0.1) is 11.6 Å². The number of alkyl halides is 1. The highest BCUT2D eigenvalue weighted by Gasteiger charge is 2.24. The first-order valence-electron chi connectivity index (χ1n) is 6.50. The molecule has 0 aliphatic carbocycles. The largest absolute Gasteiger partial charge is 0.339 e. The summed E-state index contributed by atoms with van der Waals surface area (Å²) in [5, 5.41) is 0.231. The lowest BCUT2D eigenvalue weighted by Crippen LogP contribution is -2.39. The number of rotatable bonds is 1. The predicted molar refractivity (Wildman–Crippen MR) is 75.4 cm³/mol. The molecule has 2 nitrogen and oxygen atoms in total. The molecule has 2 rings (SSSR count). The van der Waals surface area contributed by atoms with E-state index in [0.717, 1.165) is 42.6 Å². The van der Waals surface area contributed by atoms with Gasteiger partial charge in [-0.05, 0) is 44.7 Å². The fourth-order valence-corrected chi connectivity index (χ4v) is 2.92. The zero-order valence-corrected chi connectivity index (χ0v) is 12.0. The highest BCUT2D eigenvalue weighted by molar-refractivity contribution is 6.20. The minimum atomic E-state index is 0.161. The van der Waals surface area contributed by atoms with Gasteiger partial charge in [-0.1, -0.05) is 17.7 Å². The second kappa shape index (κ2) is 5.31. The summed E-state index contributed by atoms with van der Waals surface area (Å²) in [6.07, 6.45) is 1.80. The maximum absolute atomic E-state index is 12.5. The minimum absolute atomic E-state index is 0.161. The van der Waals surface area contributed by atoms with Gasteiger partial charge in [0.1, 0.15) is 0 Å². The van der Waals surface area contributed by atoms with Crippen molar-refractivity contribution < 1.29 is 4.79 Å². The fraction of sp³-hybridized carbons (Fsp3) is 0.533. The molecule has 0 bridgehead atoms. The monoisotopic (exact) mass is 265 g/mol. The van der Waals surface area contributed by atoms with Crippen LogP contribution in [0, 0.1) is 20.8 Å². The number of halogens is 1. The van der Waals surface area contributed by atoms with Gasteiger partial charge >= 0.3 is 0 Å². The van der Waals surface area contributed by atoms with Crippen molar-refractivity contribution in [2.45, 2.75) is 39.0 Å². The van der Waals surface area contributed by atoms with Crippen LogP contribution in [-0.4, -0.2) is 29.3 Å². The van der Waals surface area contributed by atoms with Crippen LogP contribution in [0.4, 0.5) is 0 Å². The van der Waals surface area contributed by atoms with E-state index >= 15 is 0 Å². The molecule has 1 saturated heterocycles. The molecule has 0 aromatic heterocycles. The first-order valence-corrected chi connectivity index (χ1v) is 6.94. The molecular formula is C15H20ClNO. The van der Waals surface area contributed by atoms with E-state index in [1.807, 2.05) is 18.7 Å². The summed E-state index contributed by atoms with van der Waals surface area (Å²) in [5.41, 5.74) is 4.23. The van der Waals surface area contributed by atoms with Crippen molar-refractivity contribution in [3.63, 3.8) is 0 Å². The van der Waals surface area contributed by atoms with E-state index in [0.29, 0.717) is 0 Å². The molecule has 1 fully saturated rings. The van der Waals surface area contributed by atoms with Gasteiger partial charge in [0.25, 0.3) is 5.91 Å². The smallest absolute Gasteiger partial charge is 0.254 e. The second-order valence-electron chi connectivity index (χ2n) is 5.24. The third kappa shape index (κ3) is 2.69. The average molecular weight is 266 g/mol. The van der Waals surface area contributed by atoms with E-state index in [2.05, 4.69) is 19.1 Å². The summed E-state index contributed by atoms with van der Waals surface area (Å²) >= 11 is 6.08. The normalized spacial score (nSPS) is 17.0. The lowest BCUT2D eigenvalue weighted by atomic mass is 9.98. The molecule has 3 heteroatoms. The van der Waals surface area contributed by atoms with Gasteiger partial charge in [0.15, 0.2) is 0 Å². The Kier molecular flexibility index (Phi) is 3.96. The van der Waals surface area contributed by atoms with Crippen LogP contribution in [0.3, 0.4) is 0 Å². The molecule has 1 aromatic rings. The van der Waals surface area contributed by atoms with E-state index < -0.39 is 0 Å². The SMILES string of the molecule is Cc1cc(C)c(C(=O)N2CCC(Cl)CC2)c(C)c1.